The topological polar surface area (TPSA) is 30.0 Å². The summed E-state index contributed by atoms with van der Waals surface area (Å²) in [6, 6.07) is 12.2. The molecule has 2 saturated heterocycles. The Morgan fingerprint density at radius 1 is 0.647 bits per heavy atom. The molecule has 184 valence electrons. The van der Waals surface area contributed by atoms with E-state index in [1.54, 1.807) is 0 Å². The van der Waals surface area contributed by atoms with Crippen molar-refractivity contribution in [2.45, 2.75) is 25.7 Å². The fourth-order valence-corrected chi connectivity index (χ4v) is 5.37. The Hall–Kier alpha value is -1.79. The van der Waals surface area contributed by atoms with E-state index < -0.39 is 0 Å². The van der Waals surface area contributed by atoms with E-state index in [-0.39, 0.29) is 17.6 Å². The molecule has 2 aliphatic rings. The summed E-state index contributed by atoms with van der Waals surface area (Å²) in [7, 11) is 4.29. The second kappa shape index (κ2) is 10.9. The van der Waals surface area contributed by atoms with Gasteiger partial charge in [-0.2, -0.15) is 0 Å². The molecule has 2 fully saturated rings. The van der Waals surface area contributed by atoms with Gasteiger partial charge in [0.2, 0.25) is 0 Å². The van der Waals surface area contributed by atoms with E-state index in [2.05, 4.69) is 45.8 Å². The van der Waals surface area contributed by atoms with Gasteiger partial charge < -0.3 is 19.6 Å². The van der Waals surface area contributed by atoms with E-state index >= 15 is 0 Å². The number of carbonyl (C=O) groups excluding carboxylic acids is 1. The molecule has 0 N–H and O–H groups in total. The first-order valence-corrected chi connectivity index (χ1v) is 13.0. The number of likely N-dealkylation sites (N-methyl/N-ethyl adjacent to an activating group) is 2. The zero-order valence-corrected chi connectivity index (χ0v) is 22.2. The second-order valence-electron chi connectivity index (χ2n) is 9.91. The maximum absolute atomic E-state index is 13.6. The number of halogens is 2. The highest BCUT2D eigenvalue weighted by atomic mass is 35.5. The van der Waals surface area contributed by atoms with Crippen molar-refractivity contribution in [2.75, 3.05) is 76.3 Å². The number of ketones is 1. The van der Waals surface area contributed by atoms with Crippen molar-refractivity contribution in [1.82, 2.24) is 9.80 Å². The van der Waals surface area contributed by atoms with E-state index in [4.69, 9.17) is 23.2 Å². The van der Waals surface area contributed by atoms with Crippen molar-refractivity contribution in [2.24, 2.45) is 0 Å². The first-order chi connectivity index (χ1) is 16.2. The number of carbonyl (C=O) groups is 1. The van der Waals surface area contributed by atoms with Gasteiger partial charge in [0.05, 0.1) is 0 Å². The van der Waals surface area contributed by atoms with E-state index in [1.165, 1.54) is 0 Å². The third-order valence-corrected chi connectivity index (χ3v) is 7.84. The molecular formula is C27H36Cl2N4O. The summed E-state index contributed by atoms with van der Waals surface area (Å²) in [5, 5.41) is 1.36. The minimum Gasteiger partial charge on any atom is -0.369 e. The van der Waals surface area contributed by atoms with Crippen LogP contribution in [0.4, 0.5) is 11.4 Å². The number of anilines is 2. The smallest absolute Gasteiger partial charge is 0.147 e. The molecular weight excluding hydrogens is 467 g/mol. The van der Waals surface area contributed by atoms with E-state index in [9.17, 15) is 4.79 Å². The van der Waals surface area contributed by atoms with Crippen molar-refractivity contribution in [3.63, 3.8) is 0 Å². The van der Waals surface area contributed by atoms with Crippen LogP contribution in [-0.4, -0.2) is 82.0 Å². The standard InChI is InChI=1S/C27H36Cl2N4O/c1-19(21-13-23(28)17-25(15-21)32-9-5-30(3)6-10-32)27(34)20(2)22-14-24(29)18-26(16-22)33-11-7-31(4)8-12-33/h13-20H,5-12H2,1-4H3. The van der Waals surface area contributed by atoms with Crippen LogP contribution in [0.5, 0.6) is 0 Å². The summed E-state index contributed by atoms with van der Waals surface area (Å²) >= 11 is 13.0. The lowest BCUT2D eigenvalue weighted by atomic mass is 9.85. The van der Waals surface area contributed by atoms with Crippen LogP contribution in [0.2, 0.25) is 10.0 Å². The van der Waals surface area contributed by atoms with Gasteiger partial charge in [-0.3, -0.25) is 4.79 Å². The average molecular weight is 504 g/mol. The number of rotatable bonds is 6. The maximum atomic E-state index is 13.6. The molecule has 0 saturated carbocycles. The third-order valence-electron chi connectivity index (χ3n) is 7.40. The Kier molecular flexibility index (Phi) is 8.08. The van der Waals surface area contributed by atoms with Gasteiger partial charge >= 0.3 is 0 Å². The van der Waals surface area contributed by atoms with Crippen LogP contribution in [0, 0.1) is 0 Å². The Bertz CT molecular complexity index is 934. The van der Waals surface area contributed by atoms with Crippen LogP contribution >= 0.6 is 23.2 Å². The largest absolute Gasteiger partial charge is 0.369 e. The fraction of sp³-hybridized carbons (Fsp3) is 0.519. The van der Waals surface area contributed by atoms with E-state index in [0.717, 1.165) is 74.9 Å². The zero-order chi connectivity index (χ0) is 24.4. The molecule has 0 radical (unpaired) electrons. The van der Waals surface area contributed by atoms with Crippen LogP contribution in [0.3, 0.4) is 0 Å². The van der Waals surface area contributed by atoms with Gasteiger partial charge in [-0.25, -0.2) is 0 Å². The van der Waals surface area contributed by atoms with Crippen molar-refractivity contribution in [3.8, 4) is 0 Å². The number of Topliss-reactive ketones (excluding diaryl/α,β-unsaturated/α-hetero) is 1. The predicted molar refractivity (Wildman–Crippen MR) is 144 cm³/mol. The maximum Gasteiger partial charge on any atom is 0.147 e. The van der Waals surface area contributed by atoms with Gasteiger partial charge in [-0.05, 0) is 61.6 Å². The van der Waals surface area contributed by atoms with Crippen molar-refractivity contribution >= 4 is 40.4 Å². The molecule has 2 atom stereocenters. The summed E-state index contributed by atoms with van der Waals surface area (Å²) in [5.74, 6) is -0.338. The molecule has 2 aromatic carbocycles. The zero-order valence-electron chi connectivity index (χ0n) is 20.7. The summed E-state index contributed by atoms with van der Waals surface area (Å²) < 4.78 is 0. The lowest BCUT2D eigenvalue weighted by Gasteiger charge is -2.34. The van der Waals surface area contributed by atoms with Gasteiger partial charge in [0.15, 0.2) is 0 Å². The molecule has 34 heavy (non-hydrogen) atoms. The average Bonchev–Trinajstić information content (AvgIpc) is 2.82. The second-order valence-corrected chi connectivity index (χ2v) is 10.8. The quantitative estimate of drug-likeness (QED) is 0.555. The Balaban J connectivity index is 1.53. The Labute approximate surface area is 214 Å². The SMILES string of the molecule is CC(C(=O)C(C)c1cc(Cl)cc(N2CCN(C)CC2)c1)c1cc(Cl)cc(N2CCN(C)CC2)c1. The summed E-state index contributed by atoms with van der Waals surface area (Å²) in [6.07, 6.45) is 0. The predicted octanol–water partition coefficient (Wildman–Crippen LogP) is 4.97. The molecule has 5 nitrogen and oxygen atoms in total. The van der Waals surface area contributed by atoms with Gasteiger partial charge in [-0.15, -0.1) is 0 Å². The van der Waals surface area contributed by atoms with Gasteiger partial charge in [-0.1, -0.05) is 37.0 Å². The first-order valence-electron chi connectivity index (χ1n) is 12.2. The molecule has 2 aliphatic heterocycles. The number of benzene rings is 2. The van der Waals surface area contributed by atoms with E-state index in [1.807, 2.05) is 38.1 Å². The molecule has 7 heteroatoms. The number of nitrogens with zero attached hydrogens (tertiary/aromatic N) is 4. The molecule has 0 amide bonds. The highest BCUT2D eigenvalue weighted by Gasteiger charge is 2.26. The van der Waals surface area contributed by atoms with Crippen LogP contribution < -0.4 is 9.80 Å². The van der Waals surface area contributed by atoms with Gasteiger partial charge in [0, 0.05) is 85.6 Å². The van der Waals surface area contributed by atoms with E-state index in [0.29, 0.717) is 10.0 Å². The van der Waals surface area contributed by atoms with Crippen LogP contribution in [0.15, 0.2) is 36.4 Å². The summed E-state index contributed by atoms with van der Waals surface area (Å²) in [4.78, 5) is 23.0. The molecule has 2 aromatic rings. The highest BCUT2D eigenvalue weighted by molar-refractivity contribution is 6.31. The normalized spacial score (nSPS) is 19.8. The molecule has 0 aromatic heterocycles. The van der Waals surface area contributed by atoms with Crippen molar-refractivity contribution < 1.29 is 4.79 Å². The monoisotopic (exact) mass is 502 g/mol. The molecule has 2 unspecified atom stereocenters. The third kappa shape index (κ3) is 5.88. The summed E-state index contributed by atoms with van der Waals surface area (Å²) in [6.45, 7) is 11.9. The lowest BCUT2D eigenvalue weighted by Crippen LogP contribution is -2.44. The van der Waals surface area contributed by atoms with Crippen LogP contribution in [0.1, 0.15) is 36.8 Å². The molecule has 0 spiro atoms. The van der Waals surface area contributed by atoms with Crippen molar-refractivity contribution in [3.05, 3.63) is 57.6 Å². The van der Waals surface area contributed by atoms with Crippen LogP contribution in [0.25, 0.3) is 0 Å². The fourth-order valence-electron chi connectivity index (χ4n) is 4.89. The van der Waals surface area contributed by atoms with Gasteiger partial charge in [0.1, 0.15) is 5.78 Å². The lowest BCUT2D eigenvalue weighted by molar-refractivity contribution is -0.121. The number of piperazine rings is 2. The highest BCUT2D eigenvalue weighted by Crippen LogP contribution is 2.34. The molecule has 0 bridgehead atoms. The molecule has 2 heterocycles. The van der Waals surface area contributed by atoms with Gasteiger partial charge in [0.25, 0.3) is 0 Å². The Morgan fingerprint density at radius 2 is 1.00 bits per heavy atom. The number of hydrogen-bond acceptors (Lipinski definition) is 5. The number of hydrogen-bond donors (Lipinski definition) is 0. The first kappa shape index (κ1) is 25.3. The summed E-state index contributed by atoms with van der Waals surface area (Å²) in [5.41, 5.74) is 4.14. The minimum absolute atomic E-state index is 0.179. The van der Waals surface area contributed by atoms with Crippen molar-refractivity contribution in [1.29, 1.82) is 0 Å². The molecule has 0 aliphatic carbocycles. The molecule has 4 rings (SSSR count). The van der Waals surface area contributed by atoms with Crippen LogP contribution in [-0.2, 0) is 4.79 Å². The minimum atomic E-state index is -0.258. The Morgan fingerprint density at radius 3 is 1.35 bits per heavy atom.